The van der Waals surface area contributed by atoms with E-state index in [9.17, 15) is 4.79 Å². The maximum atomic E-state index is 11.0. The van der Waals surface area contributed by atoms with Gasteiger partial charge in [-0.05, 0) is 13.8 Å². The SMILES string of the molecule is CN=C(NCCC(=O)OC)N1CCSC(C)(C)C1. The Balaban J connectivity index is 2.44. The summed E-state index contributed by atoms with van der Waals surface area (Å²) in [5.41, 5.74) is 0. The van der Waals surface area contributed by atoms with Crippen molar-refractivity contribution >= 4 is 23.7 Å². The summed E-state index contributed by atoms with van der Waals surface area (Å²) >= 11 is 1.99. The van der Waals surface area contributed by atoms with Crippen LogP contribution >= 0.6 is 11.8 Å². The third-order valence-electron chi connectivity index (χ3n) is 2.78. The van der Waals surface area contributed by atoms with Crippen molar-refractivity contribution in [2.24, 2.45) is 4.99 Å². The van der Waals surface area contributed by atoms with Crippen LogP contribution in [-0.4, -0.2) is 61.1 Å². The number of hydrogen-bond acceptors (Lipinski definition) is 4. The normalized spacial score (nSPS) is 19.6. The van der Waals surface area contributed by atoms with Crippen molar-refractivity contribution in [1.82, 2.24) is 10.2 Å². The molecule has 0 aromatic rings. The molecule has 0 atom stereocenters. The summed E-state index contributed by atoms with van der Waals surface area (Å²) in [5, 5.41) is 3.21. The van der Waals surface area contributed by atoms with Crippen molar-refractivity contribution in [3.05, 3.63) is 0 Å². The Kier molecular flexibility index (Phi) is 5.78. The lowest BCUT2D eigenvalue weighted by Gasteiger charge is -2.39. The van der Waals surface area contributed by atoms with Crippen LogP contribution < -0.4 is 5.32 Å². The molecule has 104 valence electrons. The van der Waals surface area contributed by atoms with E-state index in [-0.39, 0.29) is 10.7 Å². The highest BCUT2D eigenvalue weighted by Gasteiger charge is 2.28. The van der Waals surface area contributed by atoms with E-state index in [4.69, 9.17) is 0 Å². The molecule has 0 radical (unpaired) electrons. The molecule has 1 N–H and O–H groups in total. The molecule has 0 aromatic heterocycles. The lowest BCUT2D eigenvalue weighted by atomic mass is 10.2. The van der Waals surface area contributed by atoms with Crippen LogP contribution in [0.15, 0.2) is 4.99 Å². The summed E-state index contributed by atoms with van der Waals surface area (Å²) in [7, 11) is 3.18. The van der Waals surface area contributed by atoms with Crippen LogP contribution in [0, 0.1) is 0 Å². The lowest BCUT2D eigenvalue weighted by Crippen LogP contribution is -2.51. The van der Waals surface area contributed by atoms with Crippen LogP contribution in [0.2, 0.25) is 0 Å². The summed E-state index contributed by atoms with van der Waals surface area (Å²) in [4.78, 5) is 17.6. The van der Waals surface area contributed by atoms with Gasteiger partial charge in [-0.1, -0.05) is 0 Å². The molecule has 0 aliphatic carbocycles. The van der Waals surface area contributed by atoms with Crippen molar-refractivity contribution in [2.45, 2.75) is 25.0 Å². The second-order valence-electron chi connectivity index (χ2n) is 4.83. The molecule has 1 heterocycles. The number of esters is 1. The number of aliphatic imine (C=N–C) groups is 1. The van der Waals surface area contributed by atoms with Gasteiger partial charge < -0.3 is 15.0 Å². The van der Waals surface area contributed by atoms with Crippen LogP contribution in [0.1, 0.15) is 20.3 Å². The van der Waals surface area contributed by atoms with Gasteiger partial charge >= 0.3 is 5.97 Å². The summed E-state index contributed by atoms with van der Waals surface area (Å²) in [6.45, 7) is 7.00. The van der Waals surface area contributed by atoms with Crippen LogP contribution in [0.4, 0.5) is 0 Å². The Morgan fingerprint density at radius 3 is 2.83 bits per heavy atom. The molecular formula is C12H23N3O2S. The molecule has 0 saturated carbocycles. The fourth-order valence-corrected chi connectivity index (χ4v) is 3.02. The first-order chi connectivity index (χ1) is 8.48. The molecule has 0 unspecified atom stereocenters. The van der Waals surface area contributed by atoms with E-state index in [1.807, 2.05) is 11.8 Å². The molecule has 0 amide bonds. The zero-order valence-corrected chi connectivity index (χ0v) is 12.5. The number of guanidine groups is 1. The van der Waals surface area contributed by atoms with Gasteiger partial charge in [0.05, 0.1) is 13.5 Å². The number of thioether (sulfide) groups is 1. The van der Waals surface area contributed by atoms with Crippen molar-refractivity contribution in [3.8, 4) is 0 Å². The zero-order chi connectivity index (χ0) is 13.6. The van der Waals surface area contributed by atoms with E-state index < -0.39 is 0 Å². The summed E-state index contributed by atoms with van der Waals surface area (Å²) in [6, 6.07) is 0. The largest absolute Gasteiger partial charge is 0.469 e. The minimum atomic E-state index is -0.201. The highest BCUT2D eigenvalue weighted by Crippen LogP contribution is 2.29. The highest BCUT2D eigenvalue weighted by molar-refractivity contribution is 8.00. The smallest absolute Gasteiger partial charge is 0.307 e. The standard InChI is InChI=1S/C12H23N3O2S/c1-12(2)9-15(7-8-18-12)11(13-3)14-6-5-10(16)17-4/h5-9H2,1-4H3,(H,13,14). The number of rotatable bonds is 3. The van der Waals surface area contributed by atoms with Crippen molar-refractivity contribution in [3.63, 3.8) is 0 Å². The Bertz CT molecular complexity index is 318. The van der Waals surface area contributed by atoms with Gasteiger partial charge in [0.2, 0.25) is 0 Å². The molecule has 18 heavy (non-hydrogen) atoms. The van der Waals surface area contributed by atoms with Gasteiger partial charge in [0.15, 0.2) is 5.96 Å². The maximum absolute atomic E-state index is 11.0. The van der Waals surface area contributed by atoms with Gasteiger partial charge in [-0.2, -0.15) is 11.8 Å². The number of methoxy groups -OCH3 is 1. The molecule has 0 aromatic carbocycles. The minimum absolute atomic E-state index is 0.201. The average molecular weight is 273 g/mol. The van der Waals surface area contributed by atoms with Gasteiger partial charge in [-0.25, -0.2) is 0 Å². The number of hydrogen-bond donors (Lipinski definition) is 1. The quantitative estimate of drug-likeness (QED) is 0.471. The Labute approximate surface area is 113 Å². The second kappa shape index (κ2) is 6.87. The Morgan fingerprint density at radius 2 is 2.28 bits per heavy atom. The van der Waals surface area contributed by atoms with E-state index in [0.29, 0.717) is 13.0 Å². The number of nitrogens with one attached hydrogen (secondary N) is 1. The monoisotopic (exact) mass is 273 g/mol. The van der Waals surface area contributed by atoms with Crippen LogP contribution in [0.5, 0.6) is 0 Å². The first-order valence-electron chi connectivity index (χ1n) is 6.15. The van der Waals surface area contributed by atoms with E-state index >= 15 is 0 Å². The zero-order valence-electron chi connectivity index (χ0n) is 11.7. The molecule has 1 aliphatic heterocycles. The van der Waals surface area contributed by atoms with Crippen LogP contribution in [0.3, 0.4) is 0 Å². The fourth-order valence-electron chi connectivity index (χ4n) is 1.91. The highest BCUT2D eigenvalue weighted by atomic mass is 32.2. The van der Waals surface area contributed by atoms with Gasteiger partial charge in [-0.15, -0.1) is 0 Å². The first kappa shape index (κ1) is 15.1. The van der Waals surface area contributed by atoms with E-state index in [1.54, 1.807) is 7.05 Å². The predicted molar refractivity (Wildman–Crippen MR) is 76.1 cm³/mol. The minimum Gasteiger partial charge on any atom is -0.469 e. The summed E-state index contributed by atoms with van der Waals surface area (Å²) in [6.07, 6.45) is 0.363. The van der Waals surface area contributed by atoms with Crippen molar-refractivity contribution in [2.75, 3.05) is 39.5 Å². The average Bonchev–Trinajstić information content (AvgIpc) is 2.33. The number of carbonyl (C=O) groups excluding carboxylic acids is 1. The molecule has 5 nitrogen and oxygen atoms in total. The maximum Gasteiger partial charge on any atom is 0.307 e. The van der Waals surface area contributed by atoms with Gasteiger partial charge in [0, 0.05) is 37.2 Å². The number of ether oxygens (including phenoxy) is 1. The molecule has 0 spiro atoms. The number of nitrogens with zero attached hydrogens (tertiary/aromatic N) is 2. The summed E-state index contributed by atoms with van der Waals surface area (Å²) in [5.74, 6) is 1.77. The molecule has 1 saturated heterocycles. The topological polar surface area (TPSA) is 53.9 Å². The number of carbonyl (C=O) groups is 1. The molecular weight excluding hydrogens is 250 g/mol. The molecule has 0 bridgehead atoms. The Hall–Kier alpha value is -0.910. The van der Waals surface area contributed by atoms with Gasteiger partial charge in [0.25, 0.3) is 0 Å². The third-order valence-corrected chi connectivity index (χ3v) is 4.07. The predicted octanol–water partition coefficient (Wildman–Crippen LogP) is 0.952. The Morgan fingerprint density at radius 1 is 1.56 bits per heavy atom. The van der Waals surface area contributed by atoms with E-state index in [0.717, 1.165) is 24.8 Å². The molecule has 1 rings (SSSR count). The lowest BCUT2D eigenvalue weighted by molar-refractivity contribution is -0.140. The molecule has 1 fully saturated rings. The third kappa shape index (κ3) is 4.76. The summed E-state index contributed by atoms with van der Waals surface area (Å²) < 4.78 is 4.86. The van der Waals surface area contributed by atoms with Crippen molar-refractivity contribution < 1.29 is 9.53 Å². The van der Waals surface area contributed by atoms with Crippen LogP contribution in [-0.2, 0) is 9.53 Å². The molecule has 6 heteroatoms. The first-order valence-corrected chi connectivity index (χ1v) is 7.13. The fraction of sp³-hybridized carbons (Fsp3) is 0.833. The molecule has 1 aliphatic rings. The van der Waals surface area contributed by atoms with Crippen LogP contribution in [0.25, 0.3) is 0 Å². The van der Waals surface area contributed by atoms with E-state index in [2.05, 4.69) is 33.8 Å². The van der Waals surface area contributed by atoms with Gasteiger partial charge in [-0.3, -0.25) is 9.79 Å². The second-order valence-corrected chi connectivity index (χ2v) is 6.63. The van der Waals surface area contributed by atoms with Gasteiger partial charge in [0.1, 0.15) is 0 Å². The van der Waals surface area contributed by atoms with Crippen molar-refractivity contribution in [1.29, 1.82) is 0 Å². The van der Waals surface area contributed by atoms with E-state index in [1.165, 1.54) is 7.11 Å².